The summed E-state index contributed by atoms with van der Waals surface area (Å²) < 4.78 is 33.3. The number of halogens is 2. The molecule has 1 fully saturated rings. The zero-order valence-corrected chi connectivity index (χ0v) is 11.7. The maximum Gasteiger partial charge on any atom is 0.269 e. The lowest BCUT2D eigenvalue weighted by molar-refractivity contribution is 0.00437. The van der Waals surface area contributed by atoms with Crippen LogP contribution in [0.1, 0.15) is 19.3 Å². The Morgan fingerprint density at radius 2 is 2.29 bits per heavy atom. The fourth-order valence-corrected chi connectivity index (χ4v) is 2.91. The largest absolute Gasteiger partial charge is 0.497 e. The Bertz CT molecular complexity index is 727. The molecule has 0 aliphatic heterocycles. The molecule has 0 N–H and O–H groups in total. The molecule has 1 aliphatic rings. The average molecular weight is 294 g/mol. The van der Waals surface area contributed by atoms with Gasteiger partial charge in [0.15, 0.2) is 0 Å². The van der Waals surface area contributed by atoms with Crippen LogP contribution in [-0.4, -0.2) is 22.6 Å². The maximum atomic E-state index is 13.3. The van der Waals surface area contributed by atoms with E-state index < -0.39 is 5.92 Å². The number of ether oxygens (including phenoxy) is 1. The van der Waals surface area contributed by atoms with E-state index in [4.69, 9.17) is 4.74 Å². The second kappa shape index (κ2) is 5.09. The summed E-state index contributed by atoms with van der Waals surface area (Å²) >= 11 is 0. The van der Waals surface area contributed by atoms with Crippen LogP contribution in [0.2, 0.25) is 0 Å². The molecule has 1 unspecified atom stereocenters. The van der Waals surface area contributed by atoms with E-state index in [0.29, 0.717) is 29.7 Å². The quantitative estimate of drug-likeness (QED) is 0.874. The molecule has 1 aliphatic carbocycles. The molecule has 0 amide bonds. The maximum absolute atomic E-state index is 13.3. The topological polar surface area (TPSA) is 44.1 Å². The van der Waals surface area contributed by atoms with Gasteiger partial charge in [-0.15, -0.1) is 0 Å². The first kappa shape index (κ1) is 14.0. The molecule has 0 saturated heterocycles. The van der Waals surface area contributed by atoms with Crippen LogP contribution in [0.3, 0.4) is 0 Å². The number of methoxy groups -OCH3 is 1. The lowest BCUT2D eigenvalue weighted by Gasteiger charge is -2.15. The zero-order chi connectivity index (χ0) is 15.0. The Morgan fingerprint density at radius 1 is 1.48 bits per heavy atom. The molecule has 0 radical (unpaired) electrons. The molecule has 1 aromatic carbocycles. The van der Waals surface area contributed by atoms with E-state index in [1.807, 2.05) is 0 Å². The predicted molar refractivity (Wildman–Crippen MR) is 74.8 cm³/mol. The van der Waals surface area contributed by atoms with E-state index in [1.54, 1.807) is 18.2 Å². The summed E-state index contributed by atoms with van der Waals surface area (Å²) in [6.45, 7) is 0.292. The number of hydrogen-bond donors (Lipinski definition) is 0. The number of hydrogen-bond acceptors (Lipinski definition) is 3. The smallest absolute Gasteiger partial charge is 0.269 e. The molecular weight excluding hydrogens is 278 g/mol. The van der Waals surface area contributed by atoms with Crippen molar-refractivity contribution in [3.05, 3.63) is 34.7 Å². The van der Waals surface area contributed by atoms with Crippen molar-refractivity contribution in [3.63, 3.8) is 0 Å². The van der Waals surface area contributed by atoms with Gasteiger partial charge >= 0.3 is 0 Å². The van der Waals surface area contributed by atoms with Crippen LogP contribution in [0.25, 0.3) is 11.0 Å². The molecule has 1 saturated carbocycles. The molecule has 1 aromatic heterocycles. The van der Waals surface area contributed by atoms with Crippen LogP contribution < -0.4 is 10.3 Å². The third kappa shape index (κ3) is 2.75. The summed E-state index contributed by atoms with van der Waals surface area (Å²) in [6, 6.07) is 5.23. The monoisotopic (exact) mass is 294 g/mol. The number of benzene rings is 1. The lowest BCUT2D eigenvalue weighted by atomic mass is 10.1. The van der Waals surface area contributed by atoms with Gasteiger partial charge < -0.3 is 9.30 Å². The van der Waals surface area contributed by atoms with Crippen molar-refractivity contribution in [1.29, 1.82) is 0 Å². The van der Waals surface area contributed by atoms with Crippen molar-refractivity contribution < 1.29 is 13.5 Å². The number of fused-ring (bicyclic) bond motifs is 1. The highest BCUT2D eigenvalue weighted by molar-refractivity contribution is 5.76. The van der Waals surface area contributed by atoms with Gasteiger partial charge in [-0.3, -0.25) is 4.79 Å². The van der Waals surface area contributed by atoms with Crippen molar-refractivity contribution in [2.75, 3.05) is 7.11 Å². The first-order valence-corrected chi connectivity index (χ1v) is 6.90. The van der Waals surface area contributed by atoms with Gasteiger partial charge in [-0.05, 0) is 24.5 Å². The Morgan fingerprint density at radius 3 is 2.95 bits per heavy atom. The second-order valence-corrected chi connectivity index (χ2v) is 5.53. The van der Waals surface area contributed by atoms with Gasteiger partial charge in [0.25, 0.3) is 5.56 Å². The van der Waals surface area contributed by atoms with Crippen LogP contribution in [-0.2, 0) is 6.54 Å². The molecule has 4 nitrogen and oxygen atoms in total. The standard InChI is InChI=1S/C15H16F2N2O2/c1-21-11-2-3-12-13(6-11)19(14(20)8-18-12)9-10-4-5-15(16,17)7-10/h2-3,6,8,10H,4-5,7,9H2,1H3. The Labute approximate surface area is 120 Å². The van der Waals surface area contributed by atoms with Gasteiger partial charge in [-0.25, -0.2) is 13.8 Å². The molecule has 21 heavy (non-hydrogen) atoms. The van der Waals surface area contributed by atoms with E-state index in [-0.39, 0.29) is 24.3 Å². The highest BCUT2D eigenvalue weighted by Crippen LogP contribution is 2.39. The van der Waals surface area contributed by atoms with Gasteiger partial charge in [-0.1, -0.05) is 0 Å². The van der Waals surface area contributed by atoms with Gasteiger partial charge in [0, 0.05) is 25.5 Å². The minimum atomic E-state index is -2.60. The Balaban J connectivity index is 2.00. The Kier molecular flexibility index (Phi) is 3.39. The molecule has 6 heteroatoms. The van der Waals surface area contributed by atoms with Crippen molar-refractivity contribution in [3.8, 4) is 5.75 Å². The summed E-state index contributed by atoms with van der Waals surface area (Å²) in [7, 11) is 1.54. The fourth-order valence-electron chi connectivity index (χ4n) is 2.91. The van der Waals surface area contributed by atoms with Crippen LogP contribution in [0.15, 0.2) is 29.2 Å². The molecule has 2 aromatic rings. The van der Waals surface area contributed by atoms with Gasteiger partial charge in [0.05, 0.1) is 24.3 Å². The molecule has 0 bridgehead atoms. The summed E-state index contributed by atoms with van der Waals surface area (Å²) in [6.07, 6.45) is 1.42. The zero-order valence-electron chi connectivity index (χ0n) is 11.7. The number of rotatable bonds is 3. The van der Waals surface area contributed by atoms with E-state index in [2.05, 4.69) is 4.98 Å². The SMILES string of the molecule is COc1ccc2ncc(=O)n(CC3CCC(F)(F)C3)c2c1. The van der Waals surface area contributed by atoms with Gasteiger partial charge in [-0.2, -0.15) is 0 Å². The van der Waals surface area contributed by atoms with Crippen molar-refractivity contribution in [2.45, 2.75) is 31.7 Å². The first-order valence-electron chi connectivity index (χ1n) is 6.90. The van der Waals surface area contributed by atoms with Gasteiger partial charge in [0.2, 0.25) is 5.92 Å². The second-order valence-electron chi connectivity index (χ2n) is 5.53. The number of aromatic nitrogens is 2. The van der Waals surface area contributed by atoms with E-state index in [9.17, 15) is 13.6 Å². The van der Waals surface area contributed by atoms with Crippen molar-refractivity contribution >= 4 is 11.0 Å². The molecule has 0 spiro atoms. The Hall–Kier alpha value is -1.98. The van der Waals surface area contributed by atoms with Crippen LogP contribution in [0, 0.1) is 5.92 Å². The third-order valence-corrected chi connectivity index (χ3v) is 4.00. The van der Waals surface area contributed by atoms with Crippen LogP contribution in [0.4, 0.5) is 8.78 Å². The normalized spacial score (nSPS) is 20.8. The number of nitrogens with zero attached hydrogens (tertiary/aromatic N) is 2. The lowest BCUT2D eigenvalue weighted by Crippen LogP contribution is -2.24. The van der Waals surface area contributed by atoms with E-state index in [1.165, 1.54) is 17.9 Å². The van der Waals surface area contributed by atoms with Gasteiger partial charge in [0.1, 0.15) is 5.75 Å². The fraction of sp³-hybridized carbons (Fsp3) is 0.467. The number of alkyl halides is 2. The minimum Gasteiger partial charge on any atom is -0.497 e. The first-order chi connectivity index (χ1) is 9.98. The predicted octanol–water partition coefficient (Wildman–Crippen LogP) is 2.84. The molecule has 3 rings (SSSR count). The van der Waals surface area contributed by atoms with Crippen molar-refractivity contribution in [1.82, 2.24) is 9.55 Å². The summed E-state index contributed by atoms with van der Waals surface area (Å²) in [5.74, 6) is -2.18. The third-order valence-electron chi connectivity index (χ3n) is 4.00. The highest BCUT2D eigenvalue weighted by atomic mass is 19.3. The van der Waals surface area contributed by atoms with Crippen LogP contribution >= 0.6 is 0 Å². The molecule has 1 atom stereocenters. The van der Waals surface area contributed by atoms with E-state index >= 15 is 0 Å². The molecular formula is C15H16F2N2O2. The van der Waals surface area contributed by atoms with E-state index in [0.717, 1.165) is 0 Å². The minimum absolute atomic E-state index is 0.0985. The summed E-state index contributed by atoms with van der Waals surface area (Å²) in [5, 5.41) is 0. The molecule has 112 valence electrons. The molecule has 1 heterocycles. The summed E-state index contributed by atoms with van der Waals surface area (Å²) in [4.78, 5) is 16.1. The van der Waals surface area contributed by atoms with Crippen molar-refractivity contribution in [2.24, 2.45) is 5.92 Å². The van der Waals surface area contributed by atoms with Crippen LogP contribution in [0.5, 0.6) is 5.75 Å². The summed E-state index contributed by atoms with van der Waals surface area (Å²) in [5.41, 5.74) is 1.00. The average Bonchev–Trinajstić information content (AvgIpc) is 2.80. The highest BCUT2D eigenvalue weighted by Gasteiger charge is 2.39.